The quantitative estimate of drug-likeness (QED) is 0.236. The average molecular weight is 527 g/mol. The van der Waals surface area contributed by atoms with E-state index in [2.05, 4.69) is 73.7 Å². The molecule has 0 amide bonds. The number of rotatable bonds is 2. The first-order chi connectivity index (χ1) is 19.6. The van der Waals surface area contributed by atoms with Crippen molar-refractivity contribution in [2.45, 2.75) is 63.4 Å². The van der Waals surface area contributed by atoms with Crippen molar-refractivity contribution in [1.29, 1.82) is 0 Å². The van der Waals surface area contributed by atoms with Gasteiger partial charge in [-0.25, -0.2) is 4.39 Å². The van der Waals surface area contributed by atoms with E-state index in [-0.39, 0.29) is 11.2 Å². The van der Waals surface area contributed by atoms with Crippen LogP contribution < -0.4 is 0 Å². The minimum atomic E-state index is -0.191. The highest BCUT2D eigenvalue weighted by molar-refractivity contribution is 6.16. The van der Waals surface area contributed by atoms with E-state index in [9.17, 15) is 4.39 Å². The molecule has 3 saturated carbocycles. The fourth-order valence-corrected chi connectivity index (χ4v) is 9.74. The molecule has 2 heteroatoms. The van der Waals surface area contributed by atoms with E-state index in [0.717, 1.165) is 23.5 Å². The molecule has 0 aromatic heterocycles. The van der Waals surface area contributed by atoms with E-state index >= 15 is 0 Å². The zero-order valence-corrected chi connectivity index (χ0v) is 23.1. The van der Waals surface area contributed by atoms with Crippen molar-refractivity contribution in [2.75, 3.05) is 0 Å². The fourth-order valence-electron chi connectivity index (χ4n) is 9.74. The first-order valence-electron chi connectivity index (χ1n) is 15.4. The van der Waals surface area contributed by atoms with Crippen LogP contribution in [0.4, 0.5) is 4.39 Å². The largest absolute Gasteiger partial charge is 0.490 e. The zero-order chi connectivity index (χ0) is 26.6. The predicted molar refractivity (Wildman–Crippen MR) is 160 cm³/mol. The van der Waals surface area contributed by atoms with Gasteiger partial charge in [-0.2, -0.15) is 0 Å². The number of ether oxygens (including phenoxy) is 1. The molecule has 1 nitrogen and oxygen atoms in total. The van der Waals surface area contributed by atoms with Crippen LogP contribution in [0.25, 0.3) is 32.7 Å². The molecule has 1 heterocycles. The second-order valence-corrected chi connectivity index (χ2v) is 13.6. The van der Waals surface area contributed by atoms with Gasteiger partial charge in [-0.3, -0.25) is 0 Å². The lowest BCUT2D eigenvalue weighted by atomic mass is 9.55. The molecule has 4 aromatic carbocycles. The van der Waals surface area contributed by atoms with Gasteiger partial charge in [-0.1, -0.05) is 86.5 Å². The smallest absolute Gasteiger partial charge is 0.123 e. The Morgan fingerprint density at radius 1 is 0.850 bits per heavy atom. The summed E-state index contributed by atoms with van der Waals surface area (Å²) in [6.45, 7) is 2.55. The molecule has 6 unspecified atom stereocenters. The lowest BCUT2D eigenvalue weighted by molar-refractivity contribution is -0.0351. The van der Waals surface area contributed by atoms with Gasteiger partial charge in [-0.05, 0) is 111 Å². The molecule has 40 heavy (non-hydrogen) atoms. The number of allylic oxidation sites excluding steroid dienone is 2. The summed E-state index contributed by atoms with van der Waals surface area (Å²) in [6.07, 6.45) is 14.2. The van der Waals surface area contributed by atoms with Gasteiger partial charge in [0.2, 0.25) is 0 Å². The lowest BCUT2D eigenvalue weighted by Gasteiger charge is -2.49. The molecule has 0 bridgehead atoms. The molecule has 1 aliphatic heterocycles. The average Bonchev–Trinajstić information content (AvgIpc) is 3.60. The summed E-state index contributed by atoms with van der Waals surface area (Å²) in [5, 5.41) is 5.06. The van der Waals surface area contributed by atoms with Crippen molar-refractivity contribution in [3.05, 3.63) is 108 Å². The van der Waals surface area contributed by atoms with Gasteiger partial charge in [0.25, 0.3) is 0 Å². The standard InChI is InChI=1S/C38H35FO/c1-37-18-7-6-10-24(37)20-31-33(22-37)40-32-17-16-25-21-38(25,36(31)32)35-29-14-4-2-12-27(29)34(23-9-8-11-26(39)19-23)28-13-3-5-15-30(28)35/h2-5,8-9,11-17,19,24-25,31,33H,6-7,10,18,20-22H2,1H3. The molecule has 0 saturated heterocycles. The summed E-state index contributed by atoms with van der Waals surface area (Å²) in [5.41, 5.74) is 5.58. The van der Waals surface area contributed by atoms with Crippen molar-refractivity contribution < 1.29 is 9.13 Å². The van der Waals surface area contributed by atoms with Crippen molar-refractivity contribution in [1.82, 2.24) is 0 Å². The van der Waals surface area contributed by atoms with Crippen molar-refractivity contribution >= 4 is 21.5 Å². The Kier molecular flexibility index (Phi) is 4.72. The Hall–Kier alpha value is -3.39. The molecular formula is C38H35FO. The van der Waals surface area contributed by atoms with Crippen LogP contribution in [0, 0.1) is 29.0 Å². The first-order valence-corrected chi connectivity index (χ1v) is 15.4. The van der Waals surface area contributed by atoms with Crippen LogP contribution in [-0.2, 0) is 10.2 Å². The topological polar surface area (TPSA) is 9.23 Å². The number of halogens is 1. The molecule has 0 radical (unpaired) electrons. The summed E-state index contributed by atoms with van der Waals surface area (Å²) >= 11 is 0. The van der Waals surface area contributed by atoms with Crippen LogP contribution in [0.15, 0.2) is 96.3 Å². The molecule has 3 fully saturated rings. The van der Waals surface area contributed by atoms with Crippen LogP contribution in [0.1, 0.15) is 57.4 Å². The SMILES string of the molecule is CC12CCCCC1CC1C3=C(C=CC4CC34c3c4ccccc4c(-c4cccc(F)c4)c4ccccc34)OC1C2. The van der Waals surface area contributed by atoms with Gasteiger partial charge in [0, 0.05) is 11.3 Å². The van der Waals surface area contributed by atoms with Gasteiger partial charge >= 0.3 is 0 Å². The summed E-state index contributed by atoms with van der Waals surface area (Å²) in [4.78, 5) is 0. The van der Waals surface area contributed by atoms with Crippen LogP contribution >= 0.6 is 0 Å². The number of benzene rings is 4. The van der Waals surface area contributed by atoms with Gasteiger partial charge < -0.3 is 4.74 Å². The van der Waals surface area contributed by atoms with E-state index < -0.39 is 0 Å². The number of hydrogen-bond donors (Lipinski definition) is 0. The van der Waals surface area contributed by atoms with Crippen LogP contribution in [0.5, 0.6) is 0 Å². The molecule has 200 valence electrons. The Balaban J connectivity index is 1.28. The van der Waals surface area contributed by atoms with E-state index in [1.807, 2.05) is 6.07 Å². The van der Waals surface area contributed by atoms with Gasteiger partial charge in [0.15, 0.2) is 0 Å². The summed E-state index contributed by atoms with van der Waals surface area (Å²) in [7, 11) is 0. The van der Waals surface area contributed by atoms with Crippen molar-refractivity contribution in [3.63, 3.8) is 0 Å². The third-order valence-electron chi connectivity index (χ3n) is 11.6. The van der Waals surface area contributed by atoms with Gasteiger partial charge in [-0.15, -0.1) is 0 Å². The molecule has 9 rings (SSSR count). The van der Waals surface area contributed by atoms with Gasteiger partial charge in [0.05, 0.1) is 0 Å². The Labute approximate surface area is 235 Å². The summed E-state index contributed by atoms with van der Waals surface area (Å²) in [5.74, 6) is 2.82. The van der Waals surface area contributed by atoms with E-state index in [1.54, 1.807) is 11.6 Å². The molecule has 4 aliphatic carbocycles. The maximum absolute atomic E-state index is 14.5. The molecule has 6 atom stereocenters. The van der Waals surface area contributed by atoms with E-state index in [4.69, 9.17) is 4.74 Å². The minimum Gasteiger partial charge on any atom is -0.490 e. The zero-order valence-electron chi connectivity index (χ0n) is 23.1. The molecule has 5 aliphatic rings. The maximum Gasteiger partial charge on any atom is 0.123 e. The van der Waals surface area contributed by atoms with Crippen molar-refractivity contribution in [3.8, 4) is 11.1 Å². The number of fused-ring (bicyclic) bond motifs is 7. The van der Waals surface area contributed by atoms with E-state index in [1.165, 1.54) is 77.5 Å². The Morgan fingerprint density at radius 2 is 1.60 bits per heavy atom. The van der Waals surface area contributed by atoms with Crippen LogP contribution in [0.2, 0.25) is 0 Å². The highest BCUT2D eigenvalue weighted by atomic mass is 19.1. The monoisotopic (exact) mass is 526 g/mol. The second kappa shape index (κ2) is 8.09. The summed E-state index contributed by atoms with van der Waals surface area (Å²) in [6, 6.07) is 24.9. The van der Waals surface area contributed by atoms with E-state index in [0.29, 0.717) is 23.4 Å². The molecular weight excluding hydrogens is 491 g/mol. The first kappa shape index (κ1) is 23.3. The maximum atomic E-state index is 14.5. The Bertz CT molecular complexity index is 1720. The lowest BCUT2D eigenvalue weighted by Crippen LogP contribution is -2.44. The second-order valence-electron chi connectivity index (χ2n) is 13.6. The highest BCUT2D eigenvalue weighted by Crippen LogP contribution is 2.71. The molecule has 0 spiro atoms. The third kappa shape index (κ3) is 3.03. The fraction of sp³-hybridized carbons (Fsp3) is 0.368. The molecule has 0 N–H and O–H groups in total. The third-order valence-corrected chi connectivity index (χ3v) is 11.6. The van der Waals surface area contributed by atoms with Crippen LogP contribution in [0.3, 0.4) is 0 Å². The Morgan fingerprint density at radius 3 is 2.35 bits per heavy atom. The minimum absolute atomic E-state index is 0.00835. The molecule has 4 aromatic rings. The van der Waals surface area contributed by atoms with Crippen molar-refractivity contribution in [2.24, 2.45) is 23.2 Å². The predicted octanol–water partition coefficient (Wildman–Crippen LogP) is 9.89. The highest BCUT2D eigenvalue weighted by Gasteiger charge is 2.65. The van der Waals surface area contributed by atoms with Gasteiger partial charge in [0.1, 0.15) is 17.7 Å². The number of hydrogen-bond acceptors (Lipinski definition) is 1. The summed E-state index contributed by atoms with van der Waals surface area (Å²) < 4.78 is 21.4. The van der Waals surface area contributed by atoms with Crippen LogP contribution in [-0.4, -0.2) is 6.10 Å². The normalized spacial score (nSPS) is 33.8.